The van der Waals surface area contributed by atoms with Gasteiger partial charge in [-0.25, -0.2) is 0 Å². The van der Waals surface area contributed by atoms with E-state index in [1.807, 2.05) is 6.07 Å². The highest BCUT2D eigenvalue weighted by atomic mass is 79.9. The number of nitrogens with zero attached hydrogens (tertiary/aromatic N) is 1. The maximum atomic E-state index is 3.88. The molecular weight excluding hydrogens is 262 g/mol. The zero-order valence-corrected chi connectivity index (χ0v) is 9.86. The Hall–Kier alpha value is -0.650. The number of nitrogens with one attached hydrogen (secondary N) is 2. The van der Waals surface area contributed by atoms with E-state index >= 15 is 0 Å². The molecule has 0 atom stereocenters. The van der Waals surface area contributed by atoms with Gasteiger partial charge < -0.3 is 5.32 Å². The molecule has 0 aliphatic rings. The Morgan fingerprint density at radius 2 is 2.29 bits per heavy atom. The summed E-state index contributed by atoms with van der Waals surface area (Å²) in [6.45, 7) is 1.73. The molecule has 0 fully saturated rings. The molecule has 0 amide bonds. The molecular formula is C9H10BrN3S. The third kappa shape index (κ3) is 2.67. The van der Waals surface area contributed by atoms with Crippen LogP contribution in [0.15, 0.2) is 28.2 Å². The lowest BCUT2D eigenvalue weighted by atomic mass is 10.4. The van der Waals surface area contributed by atoms with Crippen LogP contribution in [0.2, 0.25) is 0 Å². The predicted molar refractivity (Wildman–Crippen MR) is 61.2 cm³/mol. The lowest BCUT2D eigenvalue weighted by Crippen LogP contribution is -2.11. The molecule has 0 unspecified atom stereocenters. The van der Waals surface area contributed by atoms with E-state index in [1.165, 1.54) is 8.66 Å². The number of hydrogen-bond donors (Lipinski definition) is 2. The van der Waals surface area contributed by atoms with E-state index in [4.69, 9.17) is 0 Å². The minimum absolute atomic E-state index is 0.829. The molecule has 2 N–H and O–H groups in total. The van der Waals surface area contributed by atoms with Crippen molar-refractivity contribution in [2.24, 2.45) is 0 Å². The van der Waals surface area contributed by atoms with Gasteiger partial charge in [-0.2, -0.15) is 5.10 Å². The quantitative estimate of drug-likeness (QED) is 0.897. The van der Waals surface area contributed by atoms with Crippen molar-refractivity contribution >= 4 is 27.3 Å². The predicted octanol–water partition coefficient (Wildman–Crippen LogP) is 2.52. The van der Waals surface area contributed by atoms with E-state index in [1.54, 1.807) is 17.5 Å². The second-order valence-electron chi connectivity index (χ2n) is 2.89. The van der Waals surface area contributed by atoms with Gasteiger partial charge in [0.05, 0.1) is 3.79 Å². The Kier molecular flexibility index (Phi) is 3.34. The summed E-state index contributed by atoms with van der Waals surface area (Å²) < 4.78 is 1.18. The molecule has 0 aliphatic heterocycles. The summed E-state index contributed by atoms with van der Waals surface area (Å²) in [5, 5.41) is 10.1. The molecule has 0 aliphatic carbocycles. The highest BCUT2D eigenvalue weighted by Gasteiger charge is 1.97. The number of H-pyrrole nitrogens is 1. The number of halogens is 1. The van der Waals surface area contributed by atoms with Gasteiger partial charge in [0, 0.05) is 29.9 Å². The fourth-order valence-electron chi connectivity index (χ4n) is 1.15. The van der Waals surface area contributed by atoms with Crippen LogP contribution in [0.5, 0.6) is 0 Å². The number of thiophene rings is 1. The molecule has 0 bridgehead atoms. The van der Waals surface area contributed by atoms with Crippen molar-refractivity contribution < 1.29 is 0 Å². The zero-order chi connectivity index (χ0) is 9.80. The SMILES string of the molecule is Brc1ccc(CNCc2ccn[nH]2)s1. The molecule has 2 heterocycles. The van der Waals surface area contributed by atoms with E-state index in [0.717, 1.165) is 18.8 Å². The average Bonchev–Trinajstić information content (AvgIpc) is 2.77. The fourth-order valence-corrected chi connectivity index (χ4v) is 2.60. The van der Waals surface area contributed by atoms with Crippen molar-refractivity contribution in [1.29, 1.82) is 0 Å². The fraction of sp³-hybridized carbons (Fsp3) is 0.222. The van der Waals surface area contributed by atoms with Crippen LogP contribution in [0.4, 0.5) is 0 Å². The van der Waals surface area contributed by atoms with Gasteiger partial charge in [-0.15, -0.1) is 11.3 Å². The second kappa shape index (κ2) is 4.72. The molecule has 0 saturated heterocycles. The van der Waals surface area contributed by atoms with Crippen LogP contribution >= 0.6 is 27.3 Å². The largest absolute Gasteiger partial charge is 0.306 e. The van der Waals surface area contributed by atoms with Crippen LogP contribution in [-0.4, -0.2) is 10.2 Å². The first kappa shape index (κ1) is 9.89. The minimum atomic E-state index is 0.829. The summed E-state index contributed by atoms with van der Waals surface area (Å²) in [6.07, 6.45) is 1.76. The van der Waals surface area contributed by atoms with Crippen molar-refractivity contribution in [3.05, 3.63) is 38.8 Å². The van der Waals surface area contributed by atoms with E-state index in [2.05, 4.69) is 43.6 Å². The molecule has 0 spiro atoms. The van der Waals surface area contributed by atoms with Crippen LogP contribution in [0, 0.1) is 0 Å². The standard InChI is InChI=1S/C9H10BrN3S/c10-9-2-1-8(14-9)6-11-5-7-3-4-12-13-7/h1-4,11H,5-6H2,(H,12,13). The molecule has 2 aromatic rings. The summed E-state index contributed by atoms with van der Waals surface area (Å²) in [6, 6.07) is 6.16. The first-order valence-corrected chi connectivity index (χ1v) is 5.89. The zero-order valence-electron chi connectivity index (χ0n) is 7.46. The van der Waals surface area contributed by atoms with Crippen molar-refractivity contribution in [1.82, 2.24) is 15.5 Å². The van der Waals surface area contributed by atoms with Gasteiger partial charge in [0.25, 0.3) is 0 Å². The first-order valence-electron chi connectivity index (χ1n) is 4.28. The van der Waals surface area contributed by atoms with Crippen molar-refractivity contribution in [2.45, 2.75) is 13.1 Å². The van der Waals surface area contributed by atoms with Crippen LogP contribution < -0.4 is 5.32 Å². The molecule has 3 nitrogen and oxygen atoms in total. The van der Waals surface area contributed by atoms with E-state index in [0.29, 0.717) is 0 Å². The lowest BCUT2D eigenvalue weighted by Gasteiger charge is -1.99. The van der Waals surface area contributed by atoms with Crippen LogP contribution in [0.3, 0.4) is 0 Å². The number of aromatic nitrogens is 2. The topological polar surface area (TPSA) is 40.7 Å². The van der Waals surface area contributed by atoms with E-state index in [9.17, 15) is 0 Å². The van der Waals surface area contributed by atoms with Crippen molar-refractivity contribution in [3.8, 4) is 0 Å². The van der Waals surface area contributed by atoms with E-state index < -0.39 is 0 Å². The Morgan fingerprint density at radius 3 is 2.93 bits per heavy atom. The average molecular weight is 272 g/mol. The molecule has 74 valence electrons. The number of hydrogen-bond acceptors (Lipinski definition) is 3. The summed E-state index contributed by atoms with van der Waals surface area (Å²) in [5.41, 5.74) is 1.11. The monoisotopic (exact) mass is 271 g/mol. The summed E-state index contributed by atoms with van der Waals surface area (Å²) >= 11 is 5.19. The normalized spacial score (nSPS) is 10.6. The van der Waals surface area contributed by atoms with Gasteiger partial charge in [-0.3, -0.25) is 5.10 Å². The van der Waals surface area contributed by atoms with Crippen LogP contribution in [0.25, 0.3) is 0 Å². The Balaban J connectivity index is 1.78. The second-order valence-corrected chi connectivity index (χ2v) is 5.44. The molecule has 14 heavy (non-hydrogen) atoms. The summed E-state index contributed by atoms with van der Waals surface area (Å²) in [7, 11) is 0. The summed E-state index contributed by atoms with van der Waals surface area (Å²) in [5.74, 6) is 0. The van der Waals surface area contributed by atoms with Gasteiger partial charge in [0.15, 0.2) is 0 Å². The third-order valence-corrected chi connectivity index (χ3v) is 3.43. The molecule has 2 aromatic heterocycles. The van der Waals surface area contributed by atoms with Gasteiger partial charge >= 0.3 is 0 Å². The maximum absolute atomic E-state index is 3.88. The molecule has 2 rings (SSSR count). The Morgan fingerprint density at radius 1 is 1.36 bits per heavy atom. The van der Waals surface area contributed by atoms with Gasteiger partial charge in [-0.05, 0) is 34.1 Å². The molecule has 5 heteroatoms. The summed E-state index contributed by atoms with van der Waals surface area (Å²) in [4.78, 5) is 1.33. The smallest absolute Gasteiger partial charge is 0.0701 e. The number of rotatable bonds is 4. The lowest BCUT2D eigenvalue weighted by molar-refractivity contribution is 0.684. The molecule has 0 saturated carbocycles. The third-order valence-electron chi connectivity index (χ3n) is 1.80. The minimum Gasteiger partial charge on any atom is -0.306 e. The van der Waals surface area contributed by atoms with Crippen LogP contribution in [0.1, 0.15) is 10.6 Å². The Bertz CT molecular complexity index is 382. The van der Waals surface area contributed by atoms with Crippen LogP contribution in [-0.2, 0) is 13.1 Å². The molecule has 0 radical (unpaired) electrons. The van der Waals surface area contributed by atoms with Gasteiger partial charge in [0.1, 0.15) is 0 Å². The molecule has 0 aromatic carbocycles. The van der Waals surface area contributed by atoms with Crippen molar-refractivity contribution in [3.63, 3.8) is 0 Å². The van der Waals surface area contributed by atoms with Crippen molar-refractivity contribution in [2.75, 3.05) is 0 Å². The van der Waals surface area contributed by atoms with Gasteiger partial charge in [0.2, 0.25) is 0 Å². The number of aromatic amines is 1. The van der Waals surface area contributed by atoms with E-state index in [-0.39, 0.29) is 0 Å². The first-order chi connectivity index (χ1) is 6.84. The highest BCUT2D eigenvalue weighted by Crippen LogP contribution is 2.21. The highest BCUT2D eigenvalue weighted by molar-refractivity contribution is 9.11. The van der Waals surface area contributed by atoms with Gasteiger partial charge in [-0.1, -0.05) is 0 Å². The maximum Gasteiger partial charge on any atom is 0.0701 e. The Labute approximate surface area is 94.7 Å².